The van der Waals surface area contributed by atoms with Gasteiger partial charge in [-0.25, -0.2) is 4.98 Å². The summed E-state index contributed by atoms with van der Waals surface area (Å²) >= 11 is 0. The summed E-state index contributed by atoms with van der Waals surface area (Å²) in [7, 11) is 0. The van der Waals surface area contributed by atoms with Crippen molar-refractivity contribution in [2.75, 3.05) is 4.90 Å². The number of benzene rings is 3. The molecule has 0 aliphatic heterocycles. The maximum atomic E-state index is 5.95. The van der Waals surface area contributed by atoms with Gasteiger partial charge in [0.15, 0.2) is 5.58 Å². The van der Waals surface area contributed by atoms with Gasteiger partial charge in [0.25, 0.3) is 0 Å². The van der Waals surface area contributed by atoms with Crippen LogP contribution in [-0.4, -0.2) is 10.5 Å². The Morgan fingerprint density at radius 3 is 2.08 bits per heavy atom. The number of oxazole rings is 1. The first kappa shape index (κ1) is 16.4. The summed E-state index contributed by atoms with van der Waals surface area (Å²) in [5.74, 6) is 0.653. The van der Waals surface area contributed by atoms with Gasteiger partial charge in [0.1, 0.15) is 5.52 Å². The molecular formula is C23H22N2O. The molecule has 0 bridgehead atoms. The zero-order chi connectivity index (χ0) is 18.1. The molecule has 0 aliphatic carbocycles. The first-order valence-electron chi connectivity index (χ1n) is 8.84. The summed E-state index contributed by atoms with van der Waals surface area (Å²) in [6.45, 7) is 6.63. The van der Waals surface area contributed by atoms with Crippen molar-refractivity contribution in [3.8, 4) is 11.5 Å². The van der Waals surface area contributed by atoms with Gasteiger partial charge in [-0.15, -0.1) is 0 Å². The van der Waals surface area contributed by atoms with Crippen molar-refractivity contribution in [3.63, 3.8) is 0 Å². The number of hydrogen-bond acceptors (Lipinski definition) is 3. The topological polar surface area (TPSA) is 29.3 Å². The minimum absolute atomic E-state index is 0.0684. The number of aromatic nitrogens is 1. The fourth-order valence-electron chi connectivity index (χ4n) is 3.26. The van der Waals surface area contributed by atoms with E-state index >= 15 is 0 Å². The normalized spacial score (nSPS) is 11.7. The van der Waals surface area contributed by atoms with E-state index in [1.54, 1.807) is 0 Å². The van der Waals surface area contributed by atoms with Crippen LogP contribution in [-0.2, 0) is 0 Å². The van der Waals surface area contributed by atoms with Gasteiger partial charge in [0.05, 0.1) is 0 Å². The lowest BCUT2D eigenvalue weighted by Gasteiger charge is -2.37. The Balaban J connectivity index is 1.81. The van der Waals surface area contributed by atoms with Crippen LogP contribution in [0.15, 0.2) is 83.3 Å². The zero-order valence-electron chi connectivity index (χ0n) is 15.3. The van der Waals surface area contributed by atoms with E-state index in [0.29, 0.717) is 5.89 Å². The van der Waals surface area contributed by atoms with Crippen molar-refractivity contribution < 1.29 is 4.42 Å². The molecule has 3 heteroatoms. The summed E-state index contributed by atoms with van der Waals surface area (Å²) in [4.78, 5) is 7.03. The number of rotatable bonds is 3. The summed E-state index contributed by atoms with van der Waals surface area (Å²) in [5.41, 5.74) is 4.85. The molecule has 130 valence electrons. The molecule has 0 saturated heterocycles. The molecule has 26 heavy (non-hydrogen) atoms. The van der Waals surface area contributed by atoms with Crippen molar-refractivity contribution in [1.29, 1.82) is 0 Å². The lowest BCUT2D eigenvalue weighted by Crippen LogP contribution is -2.37. The van der Waals surface area contributed by atoms with Gasteiger partial charge >= 0.3 is 0 Å². The molecule has 0 amide bonds. The molecule has 0 atom stereocenters. The third kappa shape index (κ3) is 3.08. The fraction of sp³-hybridized carbons (Fsp3) is 0.174. The van der Waals surface area contributed by atoms with E-state index in [1.165, 1.54) is 0 Å². The van der Waals surface area contributed by atoms with Crippen LogP contribution in [0.5, 0.6) is 0 Å². The van der Waals surface area contributed by atoms with Gasteiger partial charge in [-0.3, -0.25) is 0 Å². The highest BCUT2D eigenvalue weighted by atomic mass is 16.3. The quantitative estimate of drug-likeness (QED) is 0.429. The standard InChI is InChI=1S/C23H22N2O/c1-23(2,3)25(18-12-8-5-9-13-18)19-14-15-21-20(16-19)24-22(26-21)17-10-6-4-7-11-17/h4-16H,1-3H3. The largest absolute Gasteiger partial charge is 0.436 e. The Labute approximate surface area is 153 Å². The van der Waals surface area contributed by atoms with Crippen LogP contribution in [0.4, 0.5) is 11.4 Å². The Morgan fingerprint density at radius 2 is 1.42 bits per heavy atom. The van der Waals surface area contributed by atoms with Crippen LogP contribution in [0.25, 0.3) is 22.6 Å². The first-order chi connectivity index (χ1) is 12.5. The van der Waals surface area contributed by atoms with Gasteiger partial charge < -0.3 is 9.32 Å². The van der Waals surface area contributed by atoms with Crippen molar-refractivity contribution in [3.05, 3.63) is 78.9 Å². The predicted molar refractivity (Wildman–Crippen MR) is 108 cm³/mol. The summed E-state index contributed by atoms with van der Waals surface area (Å²) < 4.78 is 5.95. The molecule has 0 aliphatic rings. The number of nitrogens with zero attached hydrogens (tertiary/aromatic N) is 2. The summed E-state index contributed by atoms with van der Waals surface area (Å²) in [6, 6.07) is 26.6. The molecule has 3 aromatic carbocycles. The minimum Gasteiger partial charge on any atom is -0.436 e. The SMILES string of the molecule is CC(C)(C)N(c1ccccc1)c1ccc2oc(-c3ccccc3)nc2c1. The van der Waals surface area contributed by atoms with Gasteiger partial charge in [-0.05, 0) is 63.2 Å². The summed E-state index contributed by atoms with van der Waals surface area (Å²) in [6.07, 6.45) is 0. The van der Waals surface area contributed by atoms with E-state index in [1.807, 2.05) is 42.5 Å². The third-order valence-electron chi connectivity index (χ3n) is 4.34. The Morgan fingerprint density at radius 1 is 0.769 bits per heavy atom. The molecule has 4 aromatic rings. The van der Waals surface area contributed by atoms with Crippen molar-refractivity contribution in [2.45, 2.75) is 26.3 Å². The van der Waals surface area contributed by atoms with E-state index < -0.39 is 0 Å². The lowest BCUT2D eigenvalue weighted by molar-refractivity contribution is 0.560. The first-order valence-corrected chi connectivity index (χ1v) is 8.84. The molecule has 0 unspecified atom stereocenters. The van der Waals surface area contributed by atoms with E-state index in [2.05, 4.69) is 62.1 Å². The van der Waals surface area contributed by atoms with E-state index in [0.717, 1.165) is 28.0 Å². The molecule has 1 heterocycles. The second-order valence-corrected chi connectivity index (χ2v) is 7.38. The number of hydrogen-bond donors (Lipinski definition) is 0. The number of anilines is 2. The van der Waals surface area contributed by atoms with Crippen LogP contribution >= 0.6 is 0 Å². The second kappa shape index (κ2) is 6.34. The average molecular weight is 342 g/mol. The lowest BCUT2D eigenvalue weighted by atomic mass is 10.0. The van der Waals surface area contributed by atoms with Crippen LogP contribution in [0.3, 0.4) is 0 Å². The molecule has 0 fully saturated rings. The highest BCUT2D eigenvalue weighted by Crippen LogP contribution is 2.35. The molecule has 0 radical (unpaired) electrons. The zero-order valence-corrected chi connectivity index (χ0v) is 15.3. The van der Waals surface area contributed by atoms with Gasteiger partial charge in [0, 0.05) is 22.5 Å². The Bertz CT molecular complexity index is 1010. The second-order valence-electron chi connectivity index (χ2n) is 7.38. The minimum atomic E-state index is -0.0684. The fourth-order valence-corrected chi connectivity index (χ4v) is 3.26. The van der Waals surface area contributed by atoms with Gasteiger partial charge in [0.2, 0.25) is 5.89 Å². The Hall–Kier alpha value is -3.07. The van der Waals surface area contributed by atoms with Crippen LogP contribution in [0, 0.1) is 0 Å². The average Bonchev–Trinajstić information content (AvgIpc) is 3.06. The van der Waals surface area contributed by atoms with Gasteiger partial charge in [-0.2, -0.15) is 0 Å². The smallest absolute Gasteiger partial charge is 0.227 e. The Kier molecular flexibility index (Phi) is 4.00. The highest BCUT2D eigenvalue weighted by Gasteiger charge is 2.24. The van der Waals surface area contributed by atoms with Gasteiger partial charge in [-0.1, -0.05) is 36.4 Å². The molecule has 4 rings (SSSR count). The molecule has 0 saturated carbocycles. The monoisotopic (exact) mass is 342 g/mol. The van der Waals surface area contributed by atoms with Crippen molar-refractivity contribution >= 4 is 22.5 Å². The molecule has 3 nitrogen and oxygen atoms in total. The van der Waals surface area contributed by atoms with E-state index in [-0.39, 0.29) is 5.54 Å². The number of para-hydroxylation sites is 1. The molecular weight excluding hydrogens is 320 g/mol. The van der Waals surface area contributed by atoms with Crippen molar-refractivity contribution in [1.82, 2.24) is 4.98 Å². The van der Waals surface area contributed by atoms with Crippen LogP contribution in [0.2, 0.25) is 0 Å². The predicted octanol–water partition coefficient (Wildman–Crippen LogP) is 6.43. The molecule has 0 spiro atoms. The maximum Gasteiger partial charge on any atom is 0.227 e. The van der Waals surface area contributed by atoms with Crippen molar-refractivity contribution in [2.24, 2.45) is 0 Å². The maximum absolute atomic E-state index is 5.95. The molecule has 0 N–H and O–H groups in total. The third-order valence-corrected chi connectivity index (χ3v) is 4.34. The van der Waals surface area contributed by atoms with Crippen LogP contribution < -0.4 is 4.90 Å². The summed E-state index contributed by atoms with van der Waals surface area (Å²) in [5, 5.41) is 0. The van der Waals surface area contributed by atoms with Crippen LogP contribution in [0.1, 0.15) is 20.8 Å². The molecule has 1 aromatic heterocycles. The van der Waals surface area contributed by atoms with E-state index in [4.69, 9.17) is 9.40 Å². The number of fused-ring (bicyclic) bond motifs is 1. The highest BCUT2D eigenvalue weighted by molar-refractivity contribution is 5.82. The van der Waals surface area contributed by atoms with E-state index in [9.17, 15) is 0 Å².